The molecule has 4 aromatic rings. The Balaban J connectivity index is 1.63. The Morgan fingerprint density at radius 2 is 1.84 bits per heavy atom. The molecule has 0 saturated carbocycles. The fourth-order valence-electron chi connectivity index (χ4n) is 5.38. The molecule has 0 aliphatic carbocycles. The quantitative estimate of drug-likeness (QED) is 0.413. The summed E-state index contributed by atoms with van der Waals surface area (Å²) in [7, 11) is 1.90. The van der Waals surface area contributed by atoms with Crippen LogP contribution in [0.25, 0.3) is 27.6 Å². The van der Waals surface area contributed by atoms with E-state index in [0.29, 0.717) is 47.3 Å². The minimum atomic E-state index is -4.98. The van der Waals surface area contributed by atoms with Gasteiger partial charge in [0.1, 0.15) is 11.6 Å². The molecule has 9 nitrogen and oxygen atoms in total. The lowest BCUT2D eigenvalue weighted by atomic mass is 9.98. The van der Waals surface area contributed by atoms with Gasteiger partial charge in [0, 0.05) is 37.6 Å². The number of likely N-dealkylation sites (N-methyl/N-ethyl adjacent to an activating group) is 1. The standard InChI is InChI=1S/C26H23F3N6O3/c1-3-20(37)33-10-15(11-33)23-30-22-21(34(23)16-12-32(2)13-16)24(38)35(25(31-22)26(27,28)29)19-9-17(36)8-14-6-4-5-7-18(14)19/h3-9,15-16,36H,1,10-13H2,2H3. The van der Waals surface area contributed by atoms with Crippen molar-refractivity contribution in [1.29, 1.82) is 0 Å². The first-order valence-corrected chi connectivity index (χ1v) is 12.0. The second-order valence-corrected chi connectivity index (χ2v) is 9.79. The van der Waals surface area contributed by atoms with E-state index in [4.69, 9.17) is 0 Å². The van der Waals surface area contributed by atoms with Crippen LogP contribution in [-0.2, 0) is 11.0 Å². The first-order chi connectivity index (χ1) is 18.1. The smallest absolute Gasteiger partial charge is 0.450 e. The molecule has 2 fully saturated rings. The summed E-state index contributed by atoms with van der Waals surface area (Å²) >= 11 is 0. The zero-order valence-electron chi connectivity index (χ0n) is 20.3. The van der Waals surface area contributed by atoms with Gasteiger partial charge in [-0.1, -0.05) is 30.8 Å². The molecule has 0 bridgehead atoms. The average Bonchev–Trinajstić information content (AvgIpc) is 3.18. The third-order valence-electron chi connectivity index (χ3n) is 7.21. The van der Waals surface area contributed by atoms with Crippen molar-refractivity contribution in [2.75, 3.05) is 33.2 Å². The summed E-state index contributed by atoms with van der Waals surface area (Å²) in [6.45, 7) is 5.27. The summed E-state index contributed by atoms with van der Waals surface area (Å²) in [5.74, 6) is -1.78. The van der Waals surface area contributed by atoms with Crippen molar-refractivity contribution in [3.8, 4) is 11.4 Å². The number of fused-ring (bicyclic) bond motifs is 2. The van der Waals surface area contributed by atoms with Crippen LogP contribution < -0.4 is 5.56 Å². The monoisotopic (exact) mass is 524 g/mol. The van der Waals surface area contributed by atoms with E-state index in [1.807, 2.05) is 11.9 Å². The lowest BCUT2D eigenvalue weighted by molar-refractivity contribution is -0.146. The van der Waals surface area contributed by atoms with Crippen LogP contribution in [0.1, 0.15) is 23.6 Å². The van der Waals surface area contributed by atoms with Crippen molar-refractivity contribution >= 4 is 27.8 Å². The second kappa shape index (κ2) is 8.42. The van der Waals surface area contributed by atoms with Gasteiger partial charge in [-0.3, -0.25) is 14.2 Å². The summed E-state index contributed by atoms with van der Waals surface area (Å²) in [6, 6.07) is 8.93. The molecule has 0 spiro atoms. The first-order valence-electron chi connectivity index (χ1n) is 12.0. The Hall–Kier alpha value is -4.19. The summed E-state index contributed by atoms with van der Waals surface area (Å²) in [5, 5.41) is 11.1. The van der Waals surface area contributed by atoms with Gasteiger partial charge in [-0.15, -0.1) is 0 Å². The van der Waals surface area contributed by atoms with Crippen LogP contribution in [0.2, 0.25) is 0 Å². The van der Waals surface area contributed by atoms with Gasteiger partial charge in [0.2, 0.25) is 11.7 Å². The van der Waals surface area contributed by atoms with E-state index in [-0.39, 0.29) is 40.5 Å². The maximum absolute atomic E-state index is 14.4. The SMILES string of the molecule is C=CC(=O)N1CC(c2nc3nc(C(F)(F)F)n(-c4cc(O)cc5ccccc45)c(=O)c3n2C2CN(C)C2)C1. The summed E-state index contributed by atoms with van der Waals surface area (Å²) in [6.07, 6.45) is -3.78. The highest BCUT2D eigenvalue weighted by Crippen LogP contribution is 2.37. The zero-order chi connectivity index (χ0) is 26.9. The average molecular weight is 525 g/mol. The lowest BCUT2D eigenvalue weighted by Crippen LogP contribution is -2.51. The van der Waals surface area contributed by atoms with Crippen molar-refractivity contribution in [3.63, 3.8) is 0 Å². The Morgan fingerprint density at radius 1 is 1.13 bits per heavy atom. The van der Waals surface area contributed by atoms with E-state index < -0.39 is 17.6 Å². The molecule has 196 valence electrons. The molecule has 1 amide bonds. The van der Waals surface area contributed by atoms with Crippen LogP contribution >= 0.6 is 0 Å². The molecule has 2 aliphatic heterocycles. The Kier molecular flexibility index (Phi) is 5.35. The topological polar surface area (TPSA) is 96.5 Å². The number of rotatable bonds is 4. The number of amides is 1. The highest BCUT2D eigenvalue weighted by atomic mass is 19.4. The normalized spacial score (nSPS) is 17.1. The highest BCUT2D eigenvalue weighted by molar-refractivity contribution is 5.92. The number of phenols is 1. The van der Waals surface area contributed by atoms with Crippen LogP contribution in [0.5, 0.6) is 5.75 Å². The van der Waals surface area contributed by atoms with Gasteiger partial charge >= 0.3 is 6.18 Å². The molecule has 38 heavy (non-hydrogen) atoms. The van der Waals surface area contributed by atoms with Gasteiger partial charge < -0.3 is 19.5 Å². The molecule has 6 rings (SSSR count). The van der Waals surface area contributed by atoms with E-state index in [1.165, 1.54) is 12.1 Å². The van der Waals surface area contributed by atoms with Crippen LogP contribution in [0.15, 0.2) is 53.8 Å². The number of phenolic OH excluding ortho intramolecular Hbond substituents is 1. The van der Waals surface area contributed by atoms with Gasteiger partial charge in [-0.2, -0.15) is 13.2 Å². The van der Waals surface area contributed by atoms with Gasteiger partial charge in [-0.25, -0.2) is 9.97 Å². The minimum Gasteiger partial charge on any atom is -0.508 e. The number of halogens is 3. The van der Waals surface area contributed by atoms with Crippen LogP contribution in [0, 0.1) is 0 Å². The number of nitrogens with zero attached hydrogens (tertiary/aromatic N) is 6. The molecule has 0 unspecified atom stereocenters. The molecular formula is C26H23F3N6O3. The second-order valence-electron chi connectivity index (χ2n) is 9.79. The Labute approximate surface area is 214 Å². The third-order valence-corrected chi connectivity index (χ3v) is 7.21. The maximum atomic E-state index is 14.4. The number of imidazole rings is 1. The van der Waals surface area contributed by atoms with E-state index in [0.717, 1.165) is 6.07 Å². The number of hydrogen-bond acceptors (Lipinski definition) is 6. The van der Waals surface area contributed by atoms with Crippen molar-refractivity contribution in [3.05, 3.63) is 71.1 Å². The number of aromatic hydroxyl groups is 1. The third kappa shape index (κ3) is 3.66. The summed E-state index contributed by atoms with van der Waals surface area (Å²) in [4.78, 5) is 37.9. The number of carbonyl (C=O) groups is 1. The molecule has 0 atom stereocenters. The number of aromatic nitrogens is 4. The van der Waals surface area contributed by atoms with Crippen molar-refractivity contribution in [2.24, 2.45) is 0 Å². The zero-order valence-corrected chi connectivity index (χ0v) is 20.3. The molecule has 12 heteroatoms. The van der Waals surface area contributed by atoms with Crippen LogP contribution in [0.4, 0.5) is 13.2 Å². The minimum absolute atomic E-state index is 0.0352. The summed E-state index contributed by atoms with van der Waals surface area (Å²) in [5.41, 5.74) is -1.38. The number of likely N-dealkylation sites (tertiary alicyclic amines) is 2. The predicted molar refractivity (Wildman–Crippen MR) is 133 cm³/mol. The van der Waals surface area contributed by atoms with E-state index >= 15 is 0 Å². The number of alkyl halides is 3. The molecule has 2 saturated heterocycles. The van der Waals surface area contributed by atoms with E-state index in [9.17, 15) is 27.9 Å². The molecule has 1 N–H and O–H groups in total. The Bertz CT molecular complexity index is 1680. The van der Waals surface area contributed by atoms with E-state index in [1.54, 1.807) is 33.7 Å². The van der Waals surface area contributed by atoms with Crippen LogP contribution in [0.3, 0.4) is 0 Å². The fourth-order valence-corrected chi connectivity index (χ4v) is 5.38. The lowest BCUT2D eigenvalue weighted by Gasteiger charge is -2.42. The highest BCUT2D eigenvalue weighted by Gasteiger charge is 2.42. The number of carbonyl (C=O) groups excluding carboxylic acids is 1. The van der Waals surface area contributed by atoms with Crippen LogP contribution in [-0.4, -0.2) is 73.1 Å². The van der Waals surface area contributed by atoms with Crippen molar-refractivity contribution < 1.29 is 23.1 Å². The van der Waals surface area contributed by atoms with Gasteiger partial charge in [0.15, 0.2) is 11.2 Å². The summed E-state index contributed by atoms with van der Waals surface area (Å²) < 4.78 is 45.3. The number of benzene rings is 2. The predicted octanol–water partition coefficient (Wildman–Crippen LogP) is 3.06. The molecule has 2 aromatic heterocycles. The Morgan fingerprint density at radius 3 is 2.50 bits per heavy atom. The van der Waals surface area contributed by atoms with Gasteiger partial charge in [-0.05, 0) is 24.6 Å². The van der Waals surface area contributed by atoms with Gasteiger partial charge in [0.05, 0.1) is 17.6 Å². The molecule has 2 aliphatic rings. The van der Waals surface area contributed by atoms with Gasteiger partial charge in [0.25, 0.3) is 5.56 Å². The fraction of sp³-hybridized carbons (Fsp3) is 0.308. The largest absolute Gasteiger partial charge is 0.508 e. The van der Waals surface area contributed by atoms with Crippen molar-refractivity contribution in [1.82, 2.24) is 28.9 Å². The molecular weight excluding hydrogens is 501 g/mol. The number of hydrogen-bond donors (Lipinski definition) is 1. The molecule has 2 aromatic carbocycles. The van der Waals surface area contributed by atoms with Crippen molar-refractivity contribution in [2.45, 2.75) is 18.1 Å². The molecule has 0 radical (unpaired) electrons. The maximum Gasteiger partial charge on any atom is 0.450 e. The first kappa shape index (κ1) is 24.2. The van der Waals surface area contributed by atoms with E-state index in [2.05, 4.69) is 16.5 Å². The molecule has 4 heterocycles.